The standard InChI is InChI=1S/C29H29N5OS/c1-18-12-13-22(14-23(18)28-30-15-26(32-28)21-8-5-4-6-9-21)31-24-10-7-11-25-27(24)36-29(33-25)34-16-19(2)35-20(3)17-34/h4-15,19-20,31H,16-17H2,1-3H3,(H,30,32). The van der Waals surface area contributed by atoms with Crippen molar-refractivity contribution in [3.8, 4) is 22.6 Å². The molecule has 2 atom stereocenters. The topological polar surface area (TPSA) is 66.1 Å². The summed E-state index contributed by atoms with van der Waals surface area (Å²) in [7, 11) is 0. The van der Waals surface area contributed by atoms with Crippen LogP contribution >= 0.6 is 11.3 Å². The molecule has 3 aromatic carbocycles. The maximum absolute atomic E-state index is 5.91. The van der Waals surface area contributed by atoms with Gasteiger partial charge in [0, 0.05) is 24.3 Å². The summed E-state index contributed by atoms with van der Waals surface area (Å²) in [5.41, 5.74) is 7.47. The number of nitrogens with zero attached hydrogens (tertiary/aromatic N) is 3. The molecule has 182 valence electrons. The molecule has 0 bridgehead atoms. The number of H-pyrrole nitrogens is 1. The molecule has 7 heteroatoms. The molecular formula is C29H29N5OS. The lowest BCUT2D eigenvalue weighted by Gasteiger charge is -2.35. The Kier molecular flexibility index (Phi) is 5.95. The third-order valence-electron chi connectivity index (χ3n) is 6.53. The van der Waals surface area contributed by atoms with Gasteiger partial charge in [0.25, 0.3) is 0 Å². The van der Waals surface area contributed by atoms with Crippen molar-refractivity contribution in [3.63, 3.8) is 0 Å². The first kappa shape index (κ1) is 22.8. The number of morpholine rings is 1. The van der Waals surface area contributed by atoms with E-state index in [1.807, 2.05) is 24.4 Å². The molecule has 0 radical (unpaired) electrons. The van der Waals surface area contributed by atoms with Crippen LogP contribution in [0.3, 0.4) is 0 Å². The summed E-state index contributed by atoms with van der Waals surface area (Å²) < 4.78 is 7.07. The molecule has 1 saturated heterocycles. The second kappa shape index (κ2) is 9.41. The molecule has 2 unspecified atom stereocenters. The Bertz CT molecular complexity index is 1500. The largest absolute Gasteiger partial charge is 0.372 e. The lowest BCUT2D eigenvalue weighted by atomic mass is 10.1. The molecule has 1 aliphatic rings. The summed E-state index contributed by atoms with van der Waals surface area (Å²) in [6, 6.07) is 23.0. The first-order chi connectivity index (χ1) is 17.5. The van der Waals surface area contributed by atoms with Gasteiger partial charge in [0.05, 0.1) is 40.0 Å². The van der Waals surface area contributed by atoms with Gasteiger partial charge in [-0.05, 0) is 56.2 Å². The van der Waals surface area contributed by atoms with Crippen LogP contribution in [0.5, 0.6) is 0 Å². The summed E-state index contributed by atoms with van der Waals surface area (Å²) in [4.78, 5) is 15.5. The van der Waals surface area contributed by atoms with Gasteiger partial charge in [-0.2, -0.15) is 0 Å². The van der Waals surface area contributed by atoms with Crippen molar-refractivity contribution in [2.45, 2.75) is 33.0 Å². The van der Waals surface area contributed by atoms with Crippen molar-refractivity contribution in [2.24, 2.45) is 0 Å². The predicted octanol–water partition coefficient (Wildman–Crippen LogP) is 7.02. The number of thiazole rings is 1. The highest BCUT2D eigenvalue weighted by molar-refractivity contribution is 7.22. The summed E-state index contributed by atoms with van der Waals surface area (Å²) >= 11 is 1.74. The number of aryl methyl sites for hydroxylation is 1. The van der Waals surface area contributed by atoms with Gasteiger partial charge in [-0.25, -0.2) is 9.97 Å². The van der Waals surface area contributed by atoms with E-state index in [9.17, 15) is 0 Å². The van der Waals surface area contributed by atoms with Crippen LogP contribution in [0, 0.1) is 6.92 Å². The summed E-state index contributed by atoms with van der Waals surface area (Å²) in [6.45, 7) is 8.09. The Labute approximate surface area is 215 Å². The Morgan fingerprint density at radius 3 is 2.61 bits per heavy atom. The zero-order valence-electron chi connectivity index (χ0n) is 20.7. The number of aromatic nitrogens is 3. The quantitative estimate of drug-likeness (QED) is 0.274. The number of ether oxygens (including phenoxy) is 1. The van der Waals surface area contributed by atoms with E-state index in [0.717, 1.165) is 62.5 Å². The molecule has 0 saturated carbocycles. The number of anilines is 3. The number of nitrogens with one attached hydrogen (secondary N) is 2. The first-order valence-corrected chi connectivity index (χ1v) is 13.1. The number of benzene rings is 3. The van der Waals surface area contributed by atoms with Gasteiger partial charge in [-0.1, -0.05) is 53.8 Å². The number of hydrogen-bond acceptors (Lipinski definition) is 6. The zero-order valence-corrected chi connectivity index (χ0v) is 21.5. The van der Waals surface area contributed by atoms with Crippen LogP contribution in [0.4, 0.5) is 16.5 Å². The molecule has 6 nitrogen and oxygen atoms in total. The lowest BCUT2D eigenvalue weighted by Crippen LogP contribution is -2.45. The Morgan fingerprint density at radius 1 is 1.00 bits per heavy atom. The highest BCUT2D eigenvalue weighted by Crippen LogP contribution is 2.37. The fourth-order valence-corrected chi connectivity index (χ4v) is 5.89. The van der Waals surface area contributed by atoms with Crippen LogP contribution in [-0.2, 0) is 4.74 Å². The van der Waals surface area contributed by atoms with Gasteiger partial charge < -0.3 is 19.9 Å². The molecule has 3 heterocycles. The molecule has 1 aliphatic heterocycles. The summed E-state index contributed by atoms with van der Waals surface area (Å²) in [6.07, 6.45) is 2.30. The molecule has 2 aromatic heterocycles. The van der Waals surface area contributed by atoms with Crippen molar-refractivity contribution >= 4 is 38.1 Å². The van der Waals surface area contributed by atoms with E-state index in [1.165, 1.54) is 5.56 Å². The Balaban J connectivity index is 1.29. The minimum atomic E-state index is 0.202. The van der Waals surface area contributed by atoms with Crippen LogP contribution < -0.4 is 10.2 Å². The van der Waals surface area contributed by atoms with Gasteiger partial charge in [0.2, 0.25) is 0 Å². The van der Waals surface area contributed by atoms with Gasteiger partial charge in [-0.3, -0.25) is 0 Å². The molecule has 1 fully saturated rings. The van der Waals surface area contributed by atoms with Crippen LogP contribution in [0.1, 0.15) is 19.4 Å². The van der Waals surface area contributed by atoms with Crippen LogP contribution in [0.25, 0.3) is 32.9 Å². The van der Waals surface area contributed by atoms with Gasteiger partial charge in [-0.15, -0.1) is 0 Å². The van der Waals surface area contributed by atoms with Crippen molar-refractivity contribution in [3.05, 3.63) is 78.5 Å². The van der Waals surface area contributed by atoms with Crippen molar-refractivity contribution < 1.29 is 4.74 Å². The van der Waals surface area contributed by atoms with Gasteiger partial charge in [0.15, 0.2) is 5.13 Å². The van der Waals surface area contributed by atoms with Crippen LogP contribution in [-0.4, -0.2) is 40.2 Å². The number of imidazole rings is 1. The van der Waals surface area contributed by atoms with Gasteiger partial charge in [0.1, 0.15) is 5.82 Å². The molecule has 2 N–H and O–H groups in total. The number of hydrogen-bond donors (Lipinski definition) is 2. The fraction of sp³-hybridized carbons (Fsp3) is 0.241. The van der Waals surface area contributed by atoms with E-state index in [-0.39, 0.29) is 12.2 Å². The molecule has 0 aliphatic carbocycles. The van der Waals surface area contributed by atoms with Crippen molar-refractivity contribution in [2.75, 3.05) is 23.3 Å². The molecular weight excluding hydrogens is 466 g/mol. The smallest absolute Gasteiger partial charge is 0.186 e. The fourth-order valence-electron chi connectivity index (χ4n) is 4.84. The molecule has 6 rings (SSSR count). The second-order valence-corrected chi connectivity index (χ2v) is 10.5. The average molecular weight is 496 g/mol. The lowest BCUT2D eigenvalue weighted by molar-refractivity contribution is -0.00521. The van der Waals surface area contributed by atoms with E-state index in [4.69, 9.17) is 9.72 Å². The Hall–Kier alpha value is -3.68. The SMILES string of the molecule is Cc1ccc(Nc2cccc3nc(N4CC(C)OC(C)C4)sc23)cc1-c1ncc(-c2ccccc2)[nH]1. The highest BCUT2D eigenvalue weighted by Gasteiger charge is 2.25. The zero-order chi connectivity index (χ0) is 24.6. The van der Waals surface area contributed by atoms with Crippen molar-refractivity contribution in [1.82, 2.24) is 15.0 Å². The normalized spacial score (nSPS) is 18.0. The molecule has 0 spiro atoms. The third-order valence-corrected chi connectivity index (χ3v) is 7.69. The number of rotatable bonds is 5. The van der Waals surface area contributed by atoms with E-state index in [0.29, 0.717) is 0 Å². The van der Waals surface area contributed by atoms with E-state index < -0.39 is 0 Å². The summed E-state index contributed by atoms with van der Waals surface area (Å²) in [5.74, 6) is 0.865. The maximum Gasteiger partial charge on any atom is 0.186 e. The monoisotopic (exact) mass is 495 g/mol. The molecule has 36 heavy (non-hydrogen) atoms. The average Bonchev–Trinajstić information content (AvgIpc) is 3.54. The minimum Gasteiger partial charge on any atom is -0.372 e. The number of fused-ring (bicyclic) bond motifs is 1. The van der Waals surface area contributed by atoms with E-state index in [1.54, 1.807) is 11.3 Å². The second-order valence-electron chi connectivity index (χ2n) is 9.48. The third kappa shape index (κ3) is 4.47. The first-order valence-electron chi connectivity index (χ1n) is 12.3. The maximum atomic E-state index is 5.91. The van der Waals surface area contributed by atoms with Crippen molar-refractivity contribution in [1.29, 1.82) is 0 Å². The highest BCUT2D eigenvalue weighted by atomic mass is 32.1. The van der Waals surface area contributed by atoms with Gasteiger partial charge >= 0.3 is 0 Å². The predicted molar refractivity (Wildman–Crippen MR) is 149 cm³/mol. The summed E-state index contributed by atoms with van der Waals surface area (Å²) in [5, 5.41) is 4.69. The molecule has 5 aromatic rings. The van der Waals surface area contributed by atoms with Crippen LogP contribution in [0.2, 0.25) is 0 Å². The van der Waals surface area contributed by atoms with E-state index in [2.05, 4.69) is 89.5 Å². The van der Waals surface area contributed by atoms with E-state index >= 15 is 0 Å². The Morgan fingerprint density at radius 2 is 1.81 bits per heavy atom. The van der Waals surface area contributed by atoms with Crippen LogP contribution in [0.15, 0.2) is 72.9 Å². The minimum absolute atomic E-state index is 0.202. The molecule has 0 amide bonds. The number of aromatic amines is 1.